The molecule has 0 atom stereocenters. The van der Waals surface area contributed by atoms with Gasteiger partial charge < -0.3 is 4.74 Å². The average Bonchev–Trinajstić information content (AvgIpc) is 2.67. The average molecular weight is 382 g/mol. The highest BCUT2D eigenvalue weighted by molar-refractivity contribution is 7.92. The highest BCUT2D eigenvalue weighted by Crippen LogP contribution is 2.31. The first-order valence-electron chi connectivity index (χ1n) is 7.90. The van der Waals surface area contributed by atoms with Crippen LogP contribution in [0, 0.1) is 17.1 Å². The van der Waals surface area contributed by atoms with Gasteiger partial charge >= 0.3 is 0 Å². The van der Waals surface area contributed by atoms with Crippen LogP contribution < -0.4 is 9.46 Å². The first-order valence-corrected chi connectivity index (χ1v) is 9.38. The molecule has 136 valence electrons. The Hall–Kier alpha value is -3.37. The second-order valence-electron chi connectivity index (χ2n) is 5.66. The smallest absolute Gasteiger partial charge is 0.261 e. The first kappa shape index (κ1) is 18.4. The number of ether oxygens (including phenoxy) is 1. The molecule has 0 fully saturated rings. The van der Waals surface area contributed by atoms with E-state index < -0.39 is 15.8 Å². The third-order valence-electron chi connectivity index (χ3n) is 3.90. The van der Waals surface area contributed by atoms with Gasteiger partial charge in [-0.25, -0.2) is 12.8 Å². The van der Waals surface area contributed by atoms with E-state index in [1.807, 2.05) is 6.07 Å². The lowest BCUT2D eigenvalue weighted by atomic mass is 10.0. The highest BCUT2D eigenvalue weighted by Gasteiger charge is 2.17. The molecule has 5 nitrogen and oxygen atoms in total. The molecule has 3 rings (SSSR count). The molecule has 0 radical (unpaired) electrons. The summed E-state index contributed by atoms with van der Waals surface area (Å²) in [5, 5.41) is 9.14. The Morgan fingerprint density at radius 1 is 1.04 bits per heavy atom. The Kier molecular flexibility index (Phi) is 5.10. The monoisotopic (exact) mass is 382 g/mol. The fourth-order valence-corrected chi connectivity index (χ4v) is 3.64. The van der Waals surface area contributed by atoms with Crippen LogP contribution in [-0.2, 0) is 10.0 Å². The summed E-state index contributed by atoms with van der Waals surface area (Å²) in [6.07, 6.45) is 0. The molecule has 1 N–H and O–H groups in total. The lowest BCUT2D eigenvalue weighted by Gasteiger charge is -2.14. The van der Waals surface area contributed by atoms with Crippen molar-refractivity contribution in [3.8, 4) is 22.9 Å². The van der Waals surface area contributed by atoms with Crippen LogP contribution in [0.4, 0.5) is 10.1 Å². The molecule has 7 heteroatoms. The fourth-order valence-electron chi connectivity index (χ4n) is 2.56. The number of nitriles is 1. The maximum absolute atomic E-state index is 13.6. The van der Waals surface area contributed by atoms with Crippen LogP contribution in [0.5, 0.6) is 5.75 Å². The molecule has 3 aromatic carbocycles. The zero-order valence-electron chi connectivity index (χ0n) is 14.3. The molecular weight excluding hydrogens is 367 g/mol. The Bertz CT molecular complexity index is 1120. The van der Waals surface area contributed by atoms with Crippen LogP contribution in [0.2, 0.25) is 0 Å². The number of methoxy groups -OCH3 is 1. The van der Waals surface area contributed by atoms with Crippen molar-refractivity contribution in [3.63, 3.8) is 0 Å². The quantitative estimate of drug-likeness (QED) is 0.718. The first-order chi connectivity index (χ1) is 12.9. The van der Waals surface area contributed by atoms with Crippen LogP contribution in [0.15, 0.2) is 71.6 Å². The van der Waals surface area contributed by atoms with Gasteiger partial charge in [-0.1, -0.05) is 18.2 Å². The molecule has 0 saturated heterocycles. The van der Waals surface area contributed by atoms with E-state index >= 15 is 0 Å². The van der Waals surface area contributed by atoms with Crippen molar-refractivity contribution < 1.29 is 17.5 Å². The number of rotatable bonds is 5. The van der Waals surface area contributed by atoms with Crippen molar-refractivity contribution in [2.45, 2.75) is 4.90 Å². The molecule has 0 aliphatic carbocycles. The maximum Gasteiger partial charge on any atom is 0.261 e. The molecule has 0 aromatic heterocycles. The predicted octanol–water partition coefficient (Wildman–Crippen LogP) is 4.17. The van der Waals surface area contributed by atoms with E-state index in [4.69, 9.17) is 10.00 Å². The summed E-state index contributed by atoms with van der Waals surface area (Å²) in [7, 11) is -2.43. The fraction of sp³-hybridized carbons (Fsp3) is 0.0500. The molecule has 0 saturated carbocycles. The Morgan fingerprint density at radius 2 is 1.78 bits per heavy atom. The molecular formula is C20H15FN2O3S. The van der Waals surface area contributed by atoms with Crippen LogP contribution in [0.1, 0.15) is 5.56 Å². The van der Waals surface area contributed by atoms with Crippen molar-refractivity contribution in [2.75, 3.05) is 11.8 Å². The van der Waals surface area contributed by atoms with Gasteiger partial charge in [0.05, 0.1) is 29.3 Å². The molecule has 0 bridgehead atoms. The molecule has 0 amide bonds. The van der Waals surface area contributed by atoms with Gasteiger partial charge in [0, 0.05) is 5.56 Å². The van der Waals surface area contributed by atoms with Crippen molar-refractivity contribution in [2.24, 2.45) is 0 Å². The Labute approximate surface area is 156 Å². The molecule has 0 aliphatic rings. The van der Waals surface area contributed by atoms with Crippen LogP contribution in [0.3, 0.4) is 0 Å². The molecule has 27 heavy (non-hydrogen) atoms. The summed E-state index contributed by atoms with van der Waals surface area (Å²) < 4.78 is 46.6. The van der Waals surface area contributed by atoms with Crippen LogP contribution in [0.25, 0.3) is 11.1 Å². The van der Waals surface area contributed by atoms with Gasteiger partial charge in [0.25, 0.3) is 10.0 Å². The zero-order chi connectivity index (χ0) is 19.4. The van der Waals surface area contributed by atoms with Gasteiger partial charge in [0.15, 0.2) is 0 Å². The number of hydrogen-bond acceptors (Lipinski definition) is 4. The zero-order valence-corrected chi connectivity index (χ0v) is 15.1. The third-order valence-corrected chi connectivity index (χ3v) is 5.28. The summed E-state index contributed by atoms with van der Waals surface area (Å²) in [5.41, 5.74) is 1.43. The number of hydrogen-bond donors (Lipinski definition) is 1. The van der Waals surface area contributed by atoms with Gasteiger partial charge in [-0.3, -0.25) is 4.72 Å². The van der Waals surface area contributed by atoms with Crippen molar-refractivity contribution in [1.29, 1.82) is 5.26 Å². The van der Waals surface area contributed by atoms with E-state index in [-0.39, 0.29) is 16.1 Å². The molecule has 0 unspecified atom stereocenters. The standard InChI is InChI=1S/C20H15FN2O3S/c1-26-17-6-8-18(9-7-17)27(24,25)23-20-11-14(13-22)5-10-19(20)15-3-2-4-16(21)12-15/h2-12,23H,1H3. The summed E-state index contributed by atoms with van der Waals surface area (Å²) in [6, 6.07) is 18.2. The SMILES string of the molecule is COc1ccc(S(=O)(=O)Nc2cc(C#N)ccc2-c2cccc(F)c2)cc1. The van der Waals surface area contributed by atoms with E-state index in [1.165, 1.54) is 55.6 Å². The van der Waals surface area contributed by atoms with Crippen molar-refractivity contribution in [3.05, 3.63) is 78.1 Å². The number of nitrogens with zero attached hydrogens (tertiary/aromatic N) is 1. The molecule has 0 aliphatic heterocycles. The minimum Gasteiger partial charge on any atom is -0.497 e. The molecule has 0 spiro atoms. The maximum atomic E-state index is 13.6. The topological polar surface area (TPSA) is 79.2 Å². The van der Waals surface area contributed by atoms with Gasteiger partial charge in [-0.05, 0) is 54.1 Å². The number of anilines is 1. The lowest BCUT2D eigenvalue weighted by molar-refractivity contribution is 0.414. The molecule has 3 aromatic rings. The van der Waals surface area contributed by atoms with Crippen LogP contribution in [-0.4, -0.2) is 15.5 Å². The largest absolute Gasteiger partial charge is 0.497 e. The Balaban J connectivity index is 2.05. The minimum atomic E-state index is -3.91. The predicted molar refractivity (Wildman–Crippen MR) is 100 cm³/mol. The van der Waals surface area contributed by atoms with Crippen molar-refractivity contribution in [1.82, 2.24) is 0 Å². The molecule has 0 heterocycles. The number of halogens is 1. The van der Waals surface area contributed by atoms with E-state index in [1.54, 1.807) is 18.2 Å². The van der Waals surface area contributed by atoms with Gasteiger partial charge in [-0.2, -0.15) is 5.26 Å². The summed E-state index contributed by atoms with van der Waals surface area (Å²) in [6.45, 7) is 0. The second-order valence-corrected chi connectivity index (χ2v) is 7.35. The van der Waals surface area contributed by atoms with Gasteiger partial charge in [0.2, 0.25) is 0 Å². The van der Waals surface area contributed by atoms with Crippen molar-refractivity contribution >= 4 is 15.7 Å². The third kappa shape index (κ3) is 4.07. The number of nitrogens with one attached hydrogen (secondary N) is 1. The summed E-state index contributed by atoms with van der Waals surface area (Å²) in [5.74, 6) is 0.0849. The number of sulfonamides is 1. The minimum absolute atomic E-state index is 0.0378. The second kappa shape index (κ2) is 7.48. The van der Waals surface area contributed by atoms with Gasteiger partial charge in [-0.15, -0.1) is 0 Å². The van der Waals surface area contributed by atoms with E-state index in [9.17, 15) is 12.8 Å². The highest BCUT2D eigenvalue weighted by atomic mass is 32.2. The van der Waals surface area contributed by atoms with E-state index in [0.717, 1.165) is 0 Å². The van der Waals surface area contributed by atoms with Crippen LogP contribution >= 0.6 is 0 Å². The Morgan fingerprint density at radius 3 is 2.41 bits per heavy atom. The number of benzene rings is 3. The summed E-state index contributed by atoms with van der Waals surface area (Å²) in [4.78, 5) is 0.0378. The van der Waals surface area contributed by atoms with E-state index in [0.29, 0.717) is 16.9 Å². The lowest BCUT2D eigenvalue weighted by Crippen LogP contribution is -2.13. The van der Waals surface area contributed by atoms with Gasteiger partial charge in [0.1, 0.15) is 11.6 Å². The summed E-state index contributed by atoms with van der Waals surface area (Å²) >= 11 is 0. The normalized spacial score (nSPS) is 10.9. The van der Waals surface area contributed by atoms with E-state index in [2.05, 4.69) is 4.72 Å².